The van der Waals surface area contributed by atoms with Crippen molar-refractivity contribution in [1.29, 1.82) is 0 Å². The van der Waals surface area contributed by atoms with Crippen LogP contribution in [0.25, 0.3) is 0 Å². The molecule has 210 valence electrons. The van der Waals surface area contributed by atoms with Crippen LogP contribution in [0.4, 0.5) is 0 Å². The fourth-order valence-corrected chi connectivity index (χ4v) is 4.52. The molecule has 2 aliphatic rings. The molecule has 36 heavy (non-hydrogen) atoms. The highest BCUT2D eigenvalue weighted by atomic mass is 31.2. The number of carbonyl (C=O) groups is 2. The second-order valence-electron chi connectivity index (χ2n) is 7.97. The van der Waals surface area contributed by atoms with E-state index in [2.05, 4.69) is 14.0 Å². The summed E-state index contributed by atoms with van der Waals surface area (Å²) in [6.45, 7) is -2.23. The highest BCUT2D eigenvalue weighted by molar-refractivity contribution is 7.47. The molecule has 0 amide bonds. The average molecular weight is 551 g/mol. The fraction of sp³-hybridized carbons (Fsp3) is 0.882. The second kappa shape index (κ2) is 13.4. The molecule has 2 fully saturated rings. The van der Waals surface area contributed by atoms with Gasteiger partial charge < -0.3 is 65.3 Å². The van der Waals surface area contributed by atoms with Crippen molar-refractivity contribution >= 4 is 20.8 Å². The van der Waals surface area contributed by atoms with Crippen LogP contribution >= 0.6 is 7.82 Å². The molecule has 1 heterocycles. The van der Waals surface area contributed by atoms with Crippen LogP contribution in [-0.4, -0.2) is 147 Å². The molecule has 1 saturated heterocycles. The Morgan fingerprint density at radius 2 is 1.50 bits per heavy atom. The number of nitrogens with two attached hydrogens (primary N) is 1. The molecule has 10 N–H and O–H groups in total. The zero-order valence-corrected chi connectivity index (χ0v) is 19.4. The monoisotopic (exact) mass is 551 g/mol. The van der Waals surface area contributed by atoms with Crippen LogP contribution in [0.5, 0.6) is 0 Å². The minimum Gasteiger partial charge on any atom is -0.464 e. The molecule has 13 unspecified atom stereocenters. The van der Waals surface area contributed by atoms with E-state index < -0.39 is 101 Å². The molecule has 0 radical (unpaired) electrons. The van der Waals surface area contributed by atoms with Gasteiger partial charge in [-0.25, -0.2) is 4.57 Å². The fourth-order valence-electron chi connectivity index (χ4n) is 3.56. The number of aliphatic hydroxyl groups is 7. The van der Waals surface area contributed by atoms with Gasteiger partial charge in [-0.05, 0) is 0 Å². The van der Waals surface area contributed by atoms with E-state index in [4.69, 9.17) is 19.7 Å². The lowest BCUT2D eigenvalue weighted by atomic mass is 9.84. The van der Waals surface area contributed by atoms with Crippen LogP contribution in [0.2, 0.25) is 0 Å². The van der Waals surface area contributed by atoms with Crippen molar-refractivity contribution in [3.8, 4) is 0 Å². The highest BCUT2D eigenvalue weighted by Crippen LogP contribution is 2.47. The van der Waals surface area contributed by atoms with Gasteiger partial charge in [0.05, 0.1) is 19.3 Å². The Labute approximate surface area is 203 Å². The van der Waals surface area contributed by atoms with Crippen molar-refractivity contribution < 1.29 is 82.8 Å². The van der Waals surface area contributed by atoms with E-state index in [0.717, 1.165) is 0 Å². The maximum absolute atomic E-state index is 12.5. The first kappa shape index (κ1) is 30.9. The Morgan fingerprint density at radius 3 is 2.06 bits per heavy atom. The lowest BCUT2D eigenvalue weighted by molar-refractivity contribution is -0.315. The zero-order valence-electron chi connectivity index (χ0n) is 18.5. The van der Waals surface area contributed by atoms with Crippen molar-refractivity contribution in [2.75, 3.05) is 19.8 Å². The summed E-state index contributed by atoms with van der Waals surface area (Å²) in [4.78, 5) is 30.9. The first-order valence-corrected chi connectivity index (χ1v) is 11.9. The molecule has 1 saturated carbocycles. The van der Waals surface area contributed by atoms with Crippen molar-refractivity contribution in [1.82, 2.24) is 0 Å². The molecular weight excluding hydrogens is 521 g/mol. The molecule has 19 heteroatoms. The Balaban J connectivity index is 2.21. The number of hydrogen-bond donors (Lipinski definition) is 9. The predicted molar refractivity (Wildman–Crippen MR) is 108 cm³/mol. The quantitative estimate of drug-likeness (QED) is 0.0759. The summed E-state index contributed by atoms with van der Waals surface area (Å²) in [5.41, 5.74) is 5.76. The first-order valence-electron chi connectivity index (χ1n) is 10.4. The lowest BCUT2D eigenvalue weighted by Gasteiger charge is -2.47. The van der Waals surface area contributed by atoms with Gasteiger partial charge in [0.25, 0.3) is 12.9 Å². The number of aliphatic hydroxyl groups excluding tert-OH is 7. The van der Waals surface area contributed by atoms with Crippen LogP contribution in [0, 0.1) is 0 Å². The number of carbonyl (C=O) groups excluding carboxylic acids is 2. The van der Waals surface area contributed by atoms with E-state index >= 15 is 0 Å². The van der Waals surface area contributed by atoms with Crippen LogP contribution in [0.1, 0.15) is 0 Å². The predicted octanol–water partition coefficient (Wildman–Crippen LogP) is -6.19. The van der Waals surface area contributed by atoms with E-state index in [1.54, 1.807) is 0 Å². The Kier molecular flexibility index (Phi) is 11.5. The summed E-state index contributed by atoms with van der Waals surface area (Å²) in [6, 6.07) is -1.51. The van der Waals surface area contributed by atoms with E-state index in [-0.39, 0.29) is 12.9 Å². The van der Waals surface area contributed by atoms with Gasteiger partial charge in [-0.15, -0.1) is 0 Å². The van der Waals surface area contributed by atoms with Gasteiger partial charge in [0.2, 0.25) is 0 Å². The van der Waals surface area contributed by atoms with Gasteiger partial charge >= 0.3 is 7.82 Å². The number of ether oxygens (including phenoxy) is 4. The lowest BCUT2D eigenvalue weighted by Crippen LogP contribution is -2.68. The van der Waals surface area contributed by atoms with Crippen LogP contribution < -0.4 is 5.73 Å². The first-order chi connectivity index (χ1) is 16.9. The summed E-state index contributed by atoms with van der Waals surface area (Å²) in [6.07, 6.45) is -20.2. The molecule has 2 rings (SSSR count). The molecule has 1 aliphatic carbocycles. The van der Waals surface area contributed by atoms with E-state index in [1.165, 1.54) is 0 Å². The third-order valence-electron chi connectivity index (χ3n) is 5.54. The normalized spacial score (nSPS) is 41.6. The molecular formula is C17H30NO17P. The van der Waals surface area contributed by atoms with E-state index in [9.17, 15) is 54.8 Å². The number of phosphoric acid groups is 1. The highest BCUT2D eigenvalue weighted by Gasteiger charge is 2.55. The van der Waals surface area contributed by atoms with Crippen molar-refractivity contribution in [3.63, 3.8) is 0 Å². The number of rotatable bonds is 13. The average Bonchev–Trinajstić information content (AvgIpc) is 2.85. The molecule has 0 aromatic rings. The molecule has 0 spiro atoms. The smallest absolute Gasteiger partial charge is 0.464 e. The second-order valence-corrected chi connectivity index (χ2v) is 9.37. The third kappa shape index (κ3) is 7.36. The Bertz CT molecular complexity index is 759. The third-order valence-corrected chi connectivity index (χ3v) is 6.53. The van der Waals surface area contributed by atoms with E-state index in [1.807, 2.05) is 0 Å². The van der Waals surface area contributed by atoms with Crippen LogP contribution in [0.15, 0.2) is 0 Å². The van der Waals surface area contributed by atoms with Crippen LogP contribution in [-0.2, 0) is 42.1 Å². The van der Waals surface area contributed by atoms with Crippen molar-refractivity contribution in [2.24, 2.45) is 5.73 Å². The minimum absolute atomic E-state index is 0.0138. The minimum atomic E-state index is -5.21. The molecule has 13 atom stereocenters. The van der Waals surface area contributed by atoms with E-state index in [0.29, 0.717) is 0 Å². The van der Waals surface area contributed by atoms with Gasteiger partial charge in [-0.1, -0.05) is 0 Å². The largest absolute Gasteiger partial charge is 0.472 e. The standard InChI is InChI=1S/C17H30NO17P/c18-8-10(23)9(22)7(1-19)33-17(8)34-15-13(26)11(24)12(25)14(27)16(15)35-36(28,29)32-3-6(31-5-21)2-30-4-20/h4-17,19,22-27H,1-3,18H2,(H,28,29). The summed E-state index contributed by atoms with van der Waals surface area (Å²) in [7, 11) is -5.21. The maximum Gasteiger partial charge on any atom is 0.472 e. The summed E-state index contributed by atoms with van der Waals surface area (Å²) in [5.74, 6) is 0. The summed E-state index contributed by atoms with van der Waals surface area (Å²) >= 11 is 0. The molecule has 0 aromatic heterocycles. The Morgan fingerprint density at radius 1 is 0.889 bits per heavy atom. The summed E-state index contributed by atoms with van der Waals surface area (Å²) < 4.78 is 41.6. The Hall–Kier alpha value is -1.35. The molecule has 0 bridgehead atoms. The molecule has 18 nitrogen and oxygen atoms in total. The number of hydrogen-bond acceptors (Lipinski definition) is 17. The topological polar surface area (TPSA) is 294 Å². The van der Waals surface area contributed by atoms with Gasteiger partial charge in [-0.3, -0.25) is 18.6 Å². The van der Waals surface area contributed by atoms with Crippen LogP contribution in [0.3, 0.4) is 0 Å². The van der Waals surface area contributed by atoms with Gasteiger partial charge in [0, 0.05) is 0 Å². The molecule has 1 aliphatic heterocycles. The number of phosphoric ester groups is 1. The van der Waals surface area contributed by atoms with Crippen molar-refractivity contribution in [2.45, 2.75) is 73.4 Å². The van der Waals surface area contributed by atoms with Gasteiger partial charge in [0.1, 0.15) is 61.5 Å². The molecule has 0 aromatic carbocycles. The van der Waals surface area contributed by atoms with Crippen molar-refractivity contribution in [3.05, 3.63) is 0 Å². The SMILES string of the molecule is NC1C(OC2C(O)C(O)C(O)C(O)C2OP(=O)(O)OCC(COC=O)OC=O)OC(CO)C(O)C1O. The maximum atomic E-state index is 12.5. The van der Waals surface area contributed by atoms with Gasteiger partial charge in [0.15, 0.2) is 12.4 Å². The summed E-state index contributed by atoms with van der Waals surface area (Å²) in [5, 5.41) is 70.2. The van der Waals surface area contributed by atoms with Gasteiger partial charge in [-0.2, -0.15) is 0 Å². The zero-order chi connectivity index (χ0) is 27.2.